The van der Waals surface area contributed by atoms with Gasteiger partial charge in [0.25, 0.3) is 15.9 Å². The van der Waals surface area contributed by atoms with E-state index in [0.717, 1.165) is 29.7 Å². The second-order valence-electron chi connectivity index (χ2n) is 16.2. The molecule has 3 heterocycles. The van der Waals surface area contributed by atoms with Crippen LogP contribution in [0.25, 0.3) is 0 Å². The van der Waals surface area contributed by atoms with Crippen LogP contribution in [-0.4, -0.2) is 98.1 Å². The molecule has 6 rings (SSSR count). The fourth-order valence-corrected chi connectivity index (χ4v) is 8.53. The minimum Gasteiger partial charge on any atom is -0.444 e. The molecular weight excluding hydrogens is 741 g/mol. The second-order valence-corrected chi connectivity index (χ2v) is 17.9. The number of benzene rings is 2. The zero-order chi connectivity index (χ0) is 40.4. The van der Waals surface area contributed by atoms with Crippen molar-refractivity contribution in [3.63, 3.8) is 0 Å². The first kappa shape index (κ1) is 40.5. The number of fused-ring (bicyclic) bond motifs is 3. The number of carbonyl (C=O) groups excluding carboxylic acids is 5. The molecule has 3 aliphatic heterocycles. The van der Waals surface area contributed by atoms with Crippen LogP contribution in [0.3, 0.4) is 0 Å². The number of carbonyl (C=O) groups is 5. The first-order chi connectivity index (χ1) is 26.5. The maximum absolute atomic E-state index is 14.4. The van der Waals surface area contributed by atoms with Gasteiger partial charge in [-0.3, -0.25) is 19.3 Å². The van der Waals surface area contributed by atoms with E-state index in [9.17, 15) is 32.4 Å². The van der Waals surface area contributed by atoms with Gasteiger partial charge < -0.3 is 29.9 Å². The Morgan fingerprint density at radius 2 is 1.64 bits per heavy atom. The molecule has 0 radical (unpaired) electrons. The molecule has 15 nitrogen and oxygen atoms in total. The fraction of sp³-hybridized carbons (Fsp3) is 0.525. The van der Waals surface area contributed by atoms with Gasteiger partial charge in [-0.15, -0.1) is 0 Å². The Labute approximate surface area is 328 Å². The Balaban J connectivity index is 1.26. The molecule has 0 unspecified atom stereocenters. The third-order valence-electron chi connectivity index (χ3n) is 10.6. The number of anilines is 1. The maximum Gasteiger partial charge on any atom is 0.410 e. The summed E-state index contributed by atoms with van der Waals surface area (Å²) >= 11 is 0. The number of sulfonamides is 1. The summed E-state index contributed by atoms with van der Waals surface area (Å²) in [5.74, 6) is -2.69. The van der Waals surface area contributed by atoms with Gasteiger partial charge in [-0.2, -0.15) is 0 Å². The Bertz CT molecular complexity index is 1950. The predicted molar refractivity (Wildman–Crippen MR) is 207 cm³/mol. The number of nitrogens with zero attached hydrogens (tertiary/aromatic N) is 3. The number of alkyl carbamates (subject to hydrolysis) is 1. The van der Waals surface area contributed by atoms with Crippen LogP contribution in [0.4, 0.5) is 15.3 Å². The van der Waals surface area contributed by atoms with Gasteiger partial charge in [-0.05, 0) is 81.8 Å². The Hall–Kier alpha value is -5.12. The highest BCUT2D eigenvalue weighted by molar-refractivity contribution is 7.90. The normalized spacial score (nSPS) is 25.9. The Morgan fingerprint density at radius 3 is 2.29 bits per heavy atom. The Kier molecular flexibility index (Phi) is 11.7. The third kappa shape index (κ3) is 9.28. The molecule has 2 aromatic carbocycles. The summed E-state index contributed by atoms with van der Waals surface area (Å²) < 4.78 is 40.5. The van der Waals surface area contributed by atoms with E-state index in [1.54, 1.807) is 37.8 Å². The summed E-state index contributed by atoms with van der Waals surface area (Å²) in [6.45, 7) is 5.69. The van der Waals surface area contributed by atoms with Gasteiger partial charge in [-0.25, -0.2) is 22.7 Å². The van der Waals surface area contributed by atoms with Crippen molar-refractivity contribution in [1.82, 2.24) is 25.2 Å². The molecule has 2 aromatic rings. The maximum atomic E-state index is 14.4. The number of nitrogens with one attached hydrogen (secondary N) is 3. The van der Waals surface area contributed by atoms with Crippen LogP contribution in [-0.2, 0) is 47.0 Å². The van der Waals surface area contributed by atoms with E-state index in [-0.39, 0.29) is 30.7 Å². The number of allylic oxidation sites excluding steroid dienone is 1. The van der Waals surface area contributed by atoms with E-state index >= 15 is 0 Å². The molecule has 3 N–H and O–H groups in total. The van der Waals surface area contributed by atoms with Crippen LogP contribution in [0.1, 0.15) is 76.8 Å². The van der Waals surface area contributed by atoms with Crippen molar-refractivity contribution in [1.29, 1.82) is 0 Å². The first-order valence-corrected chi connectivity index (χ1v) is 20.6. The molecule has 56 heavy (non-hydrogen) atoms. The molecule has 302 valence electrons. The monoisotopic (exact) mass is 792 g/mol. The third-order valence-corrected chi connectivity index (χ3v) is 11.9. The lowest BCUT2D eigenvalue weighted by molar-refractivity contribution is -0.141. The molecular formula is C40H52N6O9S. The first-order valence-electron chi connectivity index (χ1n) is 19.1. The fourth-order valence-electron chi connectivity index (χ4n) is 7.49. The van der Waals surface area contributed by atoms with Gasteiger partial charge in [0.05, 0.1) is 11.4 Å². The van der Waals surface area contributed by atoms with Crippen LogP contribution >= 0.6 is 0 Å². The largest absolute Gasteiger partial charge is 0.444 e. The summed E-state index contributed by atoms with van der Waals surface area (Å²) in [5, 5.41) is 5.53. The van der Waals surface area contributed by atoms with Gasteiger partial charge in [0.15, 0.2) is 0 Å². The average Bonchev–Trinajstić information content (AvgIpc) is 3.42. The standard InChI is InChI=1S/C40H52N6O9S/c1-39(2,3)55-37(50)41-32-16-10-8-6-7-9-15-28-22-40(28,36(49)43-56(52,53)31-19-17-29(18-20-31)44(4)5)42-34(47)33-21-30(25-46(33)35(32)48)54-38(51)45-23-26-13-11-12-14-27(26)24-45/h9,11-15,17-20,28,30,32-33H,6-8,10,16,21-25H2,1-5H3,(H,41,50)(H,42,47)(H,43,49)/b15-9+/t28-,30-,32+,33+,40-/m1/s1. The van der Waals surface area contributed by atoms with Crippen molar-refractivity contribution in [2.45, 2.75) is 113 Å². The summed E-state index contributed by atoms with van der Waals surface area (Å²) in [7, 11) is -0.691. The SMILES string of the molecule is CN(C)c1ccc(S(=O)(=O)NC(=O)[C@@]23C[C@H]2/C=C/CCCCC[C@H](NC(=O)OC(C)(C)C)C(=O)N2C[C@H](OC(=O)N4Cc5ccccc5C4)C[C@H]2C(=O)N3)cc1. The van der Waals surface area contributed by atoms with Crippen LogP contribution < -0.4 is 20.3 Å². The van der Waals surface area contributed by atoms with E-state index in [4.69, 9.17) is 9.47 Å². The minimum atomic E-state index is -4.33. The molecule has 0 spiro atoms. The van der Waals surface area contributed by atoms with Crippen molar-refractivity contribution < 1.29 is 41.9 Å². The number of rotatable bonds is 6. The zero-order valence-corrected chi connectivity index (χ0v) is 33.4. The quantitative estimate of drug-likeness (QED) is 0.362. The van der Waals surface area contributed by atoms with E-state index in [1.165, 1.54) is 17.0 Å². The molecule has 1 aliphatic carbocycles. The molecule has 5 atom stereocenters. The molecule has 0 bridgehead atoms. The number of hydrogen-bond acceptors (Lipinski definition) is 10. The molecule has 1 saturated carbocycles. The molecule has 5 amide bonds. The molecule has 0 aromatic heterocycles. The van der Waals surface area contributed by atoms with Crippen LogP contribution in [0.5, 0.6) is 0 Å². The predicted octanol–water partition coefficient (Wildman–Crippen LogP) is 3.97. The van der Waals surface area contributed by atoms with Crippen molar-refractivity contribution in [3.05, 3.63) is 71.8 Å². The van der Waals surface area contributed by atoms with Crippen LogP contribution in [0.15, 0.2) is 65.6 Å². The summed E-state index contributed by atoms with van der Waals surface area (Å²) in [6, 6.07) is 11.4. The van der Waals surface area contributed by atoms with Gasteiger partial charge in [0.2, 0.25) is 11.8 Å². The summed E-state index contributed by atoms with van der Waals surface area (Å²) in [4.78, 5) is 73.7. The minimum absolute atomic E-state index is 0.0853. The van der Waals surface area contributed by atoms with Gasteiger partial charge in [-0.1, -0.05) is 49.3 Å². The topological polar surface area (TPSA) is 184 Å². The van der Waals surface area contributed by atoms with Gasteiger partial charge in [0.1, 0.15) is 29.3 Å². The highest BCUT2D eigenvalue weighted by Crippen LogP contribution is 2.46. The summed E-state index contributed by atoms with van der Waals surface area (Å²) in [6.07, 6.45) is 4.49. The number of amides is 5. The lowest BCUT2D eigenvalue weighted by atomic mass is 10.0. The molecule has 16 heteroatoms. The van der Waals surface area contributed by atoms with Crippen LogP contribution in [0, 0.1) is 5.92 Å². The molecule has 1 saturated heterocycles. The highest BCUT2D eigenvalue weighted by Gasteiger charge is 2.61. The summed E-state index contributed by atoms with van der Waals surface area (Å²) in [5.41, 5.74) is 0.312. The van der Waals surface area contributed by atoms with Gasteiger partial charge in [0, 0.05) is 45.2 Å². The van der Waals surface area contributed by atoms with Crippen molar-refractivity contribution in [2.75, 3.05) is 25.5 Å². The van der Waals surface area contributed by atoms with Crippen LogP contribution in [0.2, 0.25) is 0 Å². The second kappa shape index (κ2) is 16.2. The molecule has 4 aliphatic rings. The average molecular weight is 793 g/mol. The zero-order valence-electron chi connectivity index (χ0n) is 32.6. The van der Waals surface area contributed by atoms with Crippen molar-refractivity contribution >= 4 is 45.6 Å². The lowest BCUT2D eigenvalue weighted by Gasteiger charge is -2.30. The smallest absolute Gasteiger partial charge is 0.410 e. The van der Waals surface area contributed by atoms with Crippen molar-refractivity contribution in [3.8, 4) is 0 Å². The number of hydrogen-bond donors (Lipinski definition) is 3. The van der Waals surface area contributed by atoms with Gasteiger partial charge >= 0.3 is 12.2 Å². The van der Waals surface area contributed by atoms with E-state index in [0.29, 0.717) is 25.9 Å². The lowest BCUT2D eigenvalue weighted by Crippen LogP contribution is -2.58. The van der Waals surface area contributed by atoms with E-state index in [2.05, 4.69) is 15.4 Å². The molecule has 2 fully saturated rings. The highest BCUT2D eigenvalue weighted by atomic mass is 32.2. The Morgan fingerprint density at radius 1 is 0.964 bits per heavy atom. The van der Waals surface area contributed by atoms with Crippen molar-refractivity contribution in [2.24, 2.45) is 5.92 Å². The van der Waals surface area contributed by atoms with E-state index < -0.39 is 75.2 Å². The van der Waals surface area contributed by atoms with E-state index in [1.807, 2.05) is 55.4 Å². The number of ether oxygens (including phenoxy) is 2.